The van der Waals surface area contributed by atoms with Crippen LogP contribution in [0.4, 0.5) is 0 Å². The van der Waals surface area contributed by atoms with Crippen molar-refractivity contribution in [2.24, 2.45) is 5.73 Å². The first-order chi connectivity index (χ1) is 7.10. The Labute approximate surface area is 87.7 Å². The Kier molecular flexibility index (Phi) is 3.90. The number of hydrogen-bond donors (Lipinski definition) is 4. The number of aromatic hydroxyl groups is 1. The van der Waals surface area contributed by atoms with Gasteiger partial charge < -0.3 is 25.8 Å². The molecule has 0 aliphatic carbocycles. The first-order valence-corrected chi connectivity index (χ1v) is 4.53. The van der Waals surface area contributed by atoms with Gasteiger partial charge in [0.05, 0.1) is 13.2 Å². The van der Waals surface area contributed by atoms with Crippen LogP contribution in [0.15, 0.2) is 18.2 Å². The first kappa shape index (κ1) is 11.8. The number of aliphatic hydroxyl groups excluding tert-OH is 2. The highest BCUT2D eigenvalue weighted by atomic mass is 16.5. The number of ether oxygens (including phenoxy) is 1. The largest absolute Gasteiger partial charge is 0.504 e. The Morgan fingerprint density at radius 1 is 1.40 bits per heavy atom. The second-order valence-electron chi connectivity index (χ2n) is 3.18. The number of methoxy groups -OCH3 is 1. The van der Waals surface area contributed by atoms with E-state index < -0.39 is 12.2 Å². The van der Waals surface area contributed by atoms with E-state index in [1.165, 1.54) is 19.2 Å². The van der Waals surface area contributed by atoms with Crippen molar-refractivity contribution in [1.82, 2.24) is 0 Å². The van der Waals surface area contributed by atoms with Gasteiger partial charge in [0, 0.05) is 6.54 Å². The van der Waals surface area contributed by atoms with Crippen molar-refractivity contribution in [2.75, 3.05) is 13.7 Å². The Morgan fingerprint density at radius 3 is 2.53 bits per heavy atom. The van der Waals surface area contributed by atoms with E-state index in [4.69, 9.17) is 10.5 Å². The van der Waals surface area contributed by atoms with E-state index >= 15 is 0 Å². The van der Waals surface area contributed by atoms with Crippen LogP contribution >= 0.6 is 0 Å². The summed E-state index contributed by atoms with van der Waals surface area (Å²) in [6.45, 7) is -0.0477. The first-order valence-electron chi connectivity index (χ1n) is 4.53. The molecule has 84 valence electrons. The van der Waals surface area contributed by atoms with Gasteiger partial charge in [-0.1, -0.05) is 6.07 Å². The fraction of sp³-hybridized carbons (Fsp3) is 0.400. The van der Waals surface area contributed by atoms with Crippen LogP contribution in [0.5, 0.6) is 11.5 Å². The minimum Gasteiger partial charge on any atom is -0.504 e. The predicted octanol–water partition coefficient (Wildman–Crippen LogP) is -0.246. The molecule has 0 saturated carbocycles. The van der Waals surface area contributed by atoms with Crippen LogP contribution in [0.1, 0.15) is 11.7 Å². The zero-order valence-corrected chi connectivity index (χ0v) is 8.42. The molecule has 0 spiro atoms. The number of hydrogen-bond acceptors (Lipinski definition) is 5. The number of rotatable bonds is 4. The molecule has 1 rings (SSSR count). The highest BCUT2D eigenvalue weighted by Gasteiger charge is 2.17. The van der Waals surface area contributed by atoms with Gasteiger partial charge in [-0.3, -0.25) is 0 Å². The SMILES string of the molecule is COc1ccc(C(O)C(O)CN)cc1O. The normalized spacial score (nSPS) is 14.7. The van der Waals surface area contributed by atoms with Gasteiger partial charge >= 0.3 is 0 Å². The molecule has 0 fully saturated rings. The van der Waals surface area contributed by atoms with Gasteiger partial charge in [0.15, 0.2) is 11.5 Å². The molecular weight excluding hydrogens is 198 g/mol. The van der Waals surface area contributed by atoms with E-state index in [1.807, 2.05) is 0 Å². The summed E-state index contributed by atoms with van der Waals surface area (Å²) in [5.74, 6) is 0.228. The third-order valence-electron chi connectivity index (χ3n) is 2.15. The smallest absolute Gasteiger partial charge is 0.160 e. The zero-order valence-electron chi connectivity index (χ0n) is 8.42. The maximum Gasteiger partial charge on any atom is 0.160 e. The Bertz CT molecular complexity index is 329. The lowest BCUT2D eigenvalue weighted by molar-refractivity contribution is 0.0242. The highest BCUT2D eigenvalue weighted by molar-refractivity contribution is 5.42. The van der Waals surface area contributed by atoms with Gasteiger partial charge in [-0.2, -0.15) is 0 Å². The lowest BCUT2D eigenvalue weighted by Crippen LogP contribution is -2.27. The topological polar surface area (TPSA) is 95.9 Å². The van der Waals surface area contributed by atoms with Crippen molar-refractivity contribution in [3.63, 3.8) is 0 Å². The van der Waals surface area contributed by atoms with Crippen molar-refractivity contribution in [3.05, 3.63) is 23.8 Å². The van der Waals surface area contributed by atoms with E-state index in [1.54, 1.807) is 6.07 Å². The van der Waals surface area contributed by atoms with Crippen molar-refractivity contribution in [1.29, 1.82) is 0 Å². The van der Waals surface area contributed by atoms with Crippen molar-refractivity contribution in [2.45, 2.75) is 12.2 Å². The van der Waals surface area contributed by atoms with Crippen LogP contribution in [0.2, 0.25) is 0 Å². The predicted molar refractivity (Wildman–Crippen MR) is 54.7 cm³/mol. The molecule has 0 aliphatic heterocycles. The third kappa shape index (κ3) is 2.59. The number of phenols is 1. The van der Waals surface area contributed by atoms with Gasteiger partial charge in [0.1, 0.15) is 6.10 Å². The van der Waals surface area contributed by atoms with Crippen LogP contribution in [-0.2, 0) is 0 Å². The van der Waals surface area contributed by atoms with Gasteiger partial charge in [-0.15, -0.1) is 0 Å². The second kappa shape index (κ2) is 4.97. The Morgan fingerprint density at radius 2 is 2.07 bits per heavy atom. The van der Waals surface area contributed by atoms with Crippen molar-refractivity contribution in [3.8, 4) is 11.5 Å². The van der Waals surface area contributed by atoms with Gasteiger partial charge in [0.2, 0.25) is 0 Å². The summed E-state index contributed by atoms with van der Waals surface area (Å²) in [7, 11) is 1.43. The van der Waals surface area contributed by atoms with Gasteiger partial charge in [0.25, 0.3) is 0 Å². The number of benzene rings is 1. The molecular formula is C10H15NO4. The van der Waals surface area contributed by atoms with Gasteiger partial charge in [-0.05, 0) is 17.7 Å². The second-order valence-corrected chi connectivity index (χ2v) is 3.18. The molecule has 2 atom stereocenters. The maximum atomic E-state index is 9.60. The van der Waals surface area contributed by atoms with Crippen molar-refractivity contribution < 1.29 is 20.1 Å². The van der Waals surface area contributed by atoms with E-state index in [2.05, 4.69) is 0 Å². The summed E-state index contributed by atoms with van der Waals surface area (Å²) in [5, 5.41) is 28.4. The molecule has 0 saturated heterocycles. The van der Waals surface area contributed by atoms with Gasteiger partial charge in [-0.25, -0.2) is 0 Å². The lowest BCUT2D eigenvalue weighted by Gasteiger charge is -2.17. The van der Waals surface area contributed by atoms with E-state index in [0.717, 1.165) is 0 Å². The third-order valence-corrected chi connectivity index (χ3v) is 2.15. The summed E-state index contributed by atoms with van der Waals surface area (Å²) >= 11 is 0. The maximum absolute atomic E-state index is 9.60. The fourth-order valence-corrected chi connectivity index (χ4v) is 1.24. The summed E-state index contributed by atoms with van der Waals surface area (Å²) in [4.78, 5) is 0. The van der Waals surface area contributed by atoms with E-state index in [0.29, 0.717) is 11.3 Å². The summed E-state index contributed by atoms with van der Waals surface area (Å²) in [5.41, 5.74) is 5.60. The Balaban J connectivity index is 2.92. The van der Waals surface area contributed by atoms with Crippen LogP contribution in [0.3, 0.4) is 0 Å². The molecule has 0 radical (unpaired) electrons. The zero-order chi connectivity index (χ0) is 11.4. The number of phenolic OH excluding ortho intramolecular Hbond substituents is 1. The minimum atomic E-state index is -1.10. The minimum absolute atomic E-state index is 0.0477. The molecule has 2 unspecified atom stereocenters. The lowest BCUT2D eigenvalue weighted by atomic mass is 10.0. The van der Waals surface area contributed by atoms with E-state index in [9.17, 15) is 15.3 Å². The average Bonchev–Trinajstić information content (AvgIpc) is 2.26. The van der Waals surface area contributed by atoms with Crippen LogP contribution in [0.25, 0.3) is 0 Å². The molecule has 1 aromatic rings. The molecule has 0 heterocycles. The summed E-state index contributed by atoms with van der Waals surface area (Å²) in [6, 6.07) is 4.40. The molecule has 1 aromatic carbocycles. The summed E-state index contributed by atoms with van der Waals surface area (Å²) in [6.07, 6.45) is -2.15. The van der Waals surface area contributed by atoms with Crippen LogP contribution in [-0.4, -0.2) is 35.1 Å². The van der Waals surface area contributed by atoms with E-state index in [-0.39, 0.29) is 12.3 Å². The molecule has 0 aromatic heterocycles. The molecule has 0 amide bonds. The average molecular weight is 213 g/mol. The monoisotopic (exact) mass is 213 g/mol. The molecule has 5 nitrogen and oxygen atoms in total. The fourth-order valence-electron chi connectivity index (χ4n) is 1.24. The Hall–Kier alpha value is -1.30. The number of aliphatic hydroxyl groups is 2. The summed E-state index contributed by atoms with van der Waals surface area (Å²) < 4.78 is 4.85. The molecule has 15 heavy (non-hydrogen) atoms. The van der Waals surface area contributed by atoms with Crippen LogP contribution < -0.4 is 10.5 Å². The quantitative estimate of drug-likeness (QED) is 0.553. The standard InChI is InChI=1S/C10H15NO4/c1-15-9-3-2-6(4-7(9)12)10(14)8(13)5-11/h2-4,8,10,12-14H,5,11H2,1H3. The molecule has 5 heteroatoms. The molecule has 5 N–H and O–H groups in total. The highest BCUT2D eigenvalue weighted by Crippen LogP contribution is 2.29. The number of nitrogens with two attached hydrogens (primary N) is 1. The van der Waals surface area contributed by atoms with Crippen molar-refractivity contribution >= 4 is 0 Å². The molecule has 0 aliphatic rings. The molecule has 0 bridgehead atoms. The van der Waals surface area contributed by atoms with Crippen LogP contribution in [0, 0.1) is 0 Å².